The Bertz CT molecular complexity index is 824. The van der Waals surface area contributed by atoms with Gasteiger partial charge in [-0.3, -0.25) is 5.10 Å². The van der Waals surface area contributed by atoms with Crippen LogP contribution in [0.3, 0.4) is 0 Å². The van der Waals surface area contributed by atoms with Gasteiger partial charge in [-0.05, 0) is 32.0 Å². The van der Waals surface area contributed by atoms with E-state index in [2.05, 4.69) is 30.8 Å². The summed E-state index contributed by atoms with van der Waals surface area (Å²) in [6, 6.07) is 7.92. The summed E-state index contributed by atoms with van der Waals surface area (Å²) in [7, 11) is 0. The number of hydrogen-bond acceptors (Lipinski definition) is 5. The van der Waals surface area contributed by atoms with Gasteiger partial charge in [0.25, 0.3) is 0 Å². The summed E-state index contributed by atoms with van der Waals surface area (Å²) in [5.74, 6) is -0.0292. The van der Waals surface area contributed by atoms with Crippen LogP contribution in [0, 0.1) is 5.82 Å². The molecule has 0 amide bonds. The number of anilines is 1. The van der Waals surface area contributed by atoms with Crippen LogP contribution in [-0.4, -0.2) is 39.3 Å². The predicted octanol–water partition coefficient (Wildman–Crippen LogP) is 2.32. The van der Waals surface area contributed by atoms with Crippen LogP contribution in [0.15, 0.2) is 30.5 Å². The number of piperidine rings is 1. The smallest absolute Gasteiger partial charge is 0.223 e. The van der Waals surface area contributed by atoms with Gasteiger partial charge in [-0.25, -0.2) is 14.4 Å². The molecule has 0 saturated carbocycles. The number of rotatable bonds is 3. The number of H-pyrrole nitrogens is 1. The fourth-order valence-corrected chi connectivity index (χ4v) is 2.90. The van der Waals surface area contributed by atoms with Gasteiger partial charge in [0.05, 0.1) is 11.7 Å². The molecule has 1 saturated heterocycles. The molecule has 3 heterocycles. The fraction of sp³-hybridized carbons (Fsp3) is 0.312. The summed E-state index contributed by atoms with van der Waals surface area (Å²) in [4.78, 5) is 8.43. The average Bonchev–Trinajstić information content (AvgIpc) is 3.01. The van der Waals surface area contributed by atoms with E-state index in [0.717, 1.165) is 36.8 Å². The third kappa shape index (κ3) is 2.75. The zero-order valence-corrected chi connectivity index (χ0v) is 12.5. The number of aromatic amines is 1. The predicted molar refractivity (Wildman–Crippen MR) is 86.6 cm³/mol. The van der Waals surface area contributed by atoms with Crippen LogP contribution in [0.5, 0.6) is 0 Å². The van der Waals surface area contributed by atoms with Crippen molar-refractivity contribution in [3.8, 4) is 11.4 Å². The monoisotopic (exact) mass is 312 g/mol. The van der Waals surface area contributed by atoms with Gasteiger partial charge in [-0.1, -0.05) is 18.2 Å². The van der Waals surface area contributed by atoms with E-state index in [1.165, 1.54) is 6.20 Å². The normalized spacial score (nSPS) is 15.9. The van der Waals surface area contributed by atoms with Crippen LogP contribution in [0.4, 0.5) is 10.3 Å². The molecule has 0 unspecified atom stereocenters. The molecule has 0 radical (unpaired) electrons. The molecule has 0 bridgehead atoms. The standard InChI is InChI=1S/C16H17FN6/c17-12-9-19-16(20-10-5-7-18-8-6-10)21-15(12)14-11-3-1-2-4-13(11)22-23-14/h1-4,9-10,18H,5-8H2,(H,22,23)(H,19,20,21). The van der Waals surface area contributed by atoms with Crippen molar-refractivity contribution in [1.29, 1.82) is 0 Å². The minimum absolute atomic E-state index is 0.217. The first-order chi connectivity index (χ1) is 11.3. The summed E-state index contributed by atoms with van der Waals surface area (Å²) in [5.41, 5.74) is 1.58. The first-order valence-corrected chi connectivity index (χ1v) is 7.74. The minimum Gasteiger partial charge on any atom is -0.351 e. The molecule has 3 aromatic rings. The van der Waals surface area contributed by atoms with Gasteiger partial charge in [0.2, 0.25) is 5.95 Å². The molecule has 4 rings (SSSR count). The number of benzene rings is 1. The number of nitrogens with one attached hydrogen (secondary N) is 3. The number of fused-ring (bicyclic) bond motifs is 1. The molecule has 3 N–H and O–H groups in total. The highest BCUT2D eigenvalue weighted by atomic mass is 19.1. The van der Waals surface area contributed by atoms with Crippen LogP contribution in [0.25, 0.3) is 22.3 Å². The quantitative estimate of drug-likeness (QED) is 0.692. The lowest BCUT2D eigenvalue weighted by Crippen LogP contribution is -2.35. The summed E-state index contributed by atoms with van der Waals surface area (Å²) in [5, 5.41) is 14.6. The van der Waals surface area contributed by atoms with Crippen LogP contribution in [0.1, 0.15) is 12.8 Å². The highest BCUT2D eigenvalue weighted by Crippen LogP contribution is 2.27. The second kappa shape index (κ2) is 5.92. The molecule has 0 atom stereocenters. The number of halogens is 1. The van der Waals surface area contributed by atoms with Crippen molar-refractivity contribution in [1.82, 2.24) is 25.5 Å². The maximum absolute atomic E-state index is 14.2. The van der Waals surface area contributed by atoms with Gasteiger partial charge in [0.15, 0.2) is 5.82 Å². The van der Waals surface area contributed by atoms with Crippen LogP contribution in [-0.2, 0) is 0 Å². The van der Waals surface area contributed by atoms with Gasteiger partial charge in [-0.2, -0.15) is 5.10 Å². The zero-order chi connectivity index (χ0) is 15.6. The Morgan fingerprint density at radius 3 is 2.83 bits per heavy atom. The second-order valence-corrected chi connectivity index (χ2v) is 5.68. The molecule has 6 nitrogen and oxygen atoms in total. The minimum atomic E-state index is -0.474. The van der Waals surface area contributed by atoms with Crippen molar-refractivity contribution in [2.75, 3.05) is 18.4 Å². The van der Waals surface area contributed by atoms with Crippen molar-refractivity contribution < 1.29 is 4.39 Å². The van der Waals surface area contributed by atoms with E-state index >= 15 is 0 Å². The molecule has 1 aliphatic rings. The molecule has 2 aromatic heterocycles. The molecule has 1 aliphatic heterocycles. The van der Waals surface area contributed by atoms with Crippen molar-refractivity contribution in [3.05, 3.63) is 36.3 Å². The Hall–Kier alpha value is -2.54. The number of para-hydroxylation sites is 1. The molecular formula is C16H17FN6. The van der Waals surface area contributed by atoms with E-state index in [-0.39, 0.29) is 5.69 Å². The third-order valence-electron chi connectivity index (χ3n) is 4.11. The molecule has 118 valence electrons. The molecular weight excluding hydrogens is 295 g/mol. The number of nitrogens with zero attached hydrogens (tertiary/aromatic N) is 3. The number of aromatic nitrogens is 4. The third-order valence-corrected chi connectivity index (χ3v) is 4.11. The van der Waals surface area contributed by atoms with Gasteiger partial charge >= 0.3 is 0 Å². The summed E-state index contributed by atoms with van der Waals surface area (Å²) in [6.45, 7) is 1.94. The lowest BCUT2D eigenvalue weighted by atomic mass is 10.1. The van der Waals surface area contributed by atoms with Gasteiger partial charge in [-0.15, -0.1) is 0 Å². The molecule has 1 aromatic carbocycles. The summed E-state index contributed by atoms with van der Waals surface area (Å²) in [6.07, 6.45) is 3.21. The van der Waals surface area contributed by atoms with Gasteiger partial charge in [0, 0.05) is 11.4 Å². The molecule has 7 heteroatoms. The first kappa shape index (κ1) is 14.1. The average molecular weight is 312 g/mol. The Morgan fingerprint density at radius 2 is 1.96 bits per heavy atom. The van der Waals surface area contributed by atoms with Crippen LogP contribution >= 0.6 is 0 Å². The van der Waals surface area contributed by atoms with Crippen molar-refractivity contribution in [2.45, 2.75) is 18.9 Å². The van der Waals surface area contributed by atoms with E-state index in [1.54, 1.807) is 0 Å². The fourth-order valence-electron chi connectivity index (χ4n) is 2.90. The second-order valence-electron chi connectivity index (χ2n) is 5.68. The number of hydrogen-bond donors (Lipinski definition) is 3. The SMILES string of the molecule is Fc1cnc(NC2CCNCC2)nc1-c1n[nH]c2ccccc12. The van der Waals surface area contributed by atoms with Crippen LogP contribution in [0.2, 0.25) is 0 Å². The molecule has 0 aliphatic carbocycles. The van der Waals surface area contributed by atoms with Crippen LogP contribution < -0.4 is 10.6 Å². The van der Waals surface area contributed by atoms with E-state index in [1.807, 2.05) is 24.3 Å². The summed E-state index contributed by atoms with van der Waals surface area (Å²) < 4.78 is 14.2. The Labute approximate surface area is 132 Å². The molecule has 23 heavy (non-hydrogen) atoms. The maximum atomic E-state index is 14.2. The highest BCUT2D eigenvalue weighted by molar-refractivity contribution is 5.91. The topological polar surface area (TPSA) is 78.5 Å². The maximum Gasteiger partial charge on any atom is 0.223 e. The highest BCUT2D eigenvalue weighted by Gasteiger charge is 2.18. The van der Waals surface area contributed by atoms with Gasteiger partial charge < -0.3 is 10.6 Å². The molecule has 0 spiro atoms. The molecule has 1 fully saturated rings. The van der Waals surface area contributed by atoms with Gasteiger partial charge in [0.1, 0.15) is 11.4 Å². The van der Waals surface area contributed by atoms with Crippen molar-refractivity contribution in [2.24, 2.45) is 0 Å². The van der Waals surface area contributed by atoms with E-state index in [9.17, 15) is 4.39 Å². The van der Waals surface area contributed by atoms with Crippen molar-refractivity contribution >= 4 is 16.9 Å². The van der Waals surface area contributed by atoms with Crippen molar-refractivity contribution in [3.63, 3.8) is 0 Å². The lowest BCUT2D eigenvalue weighted by molar-refractivity contribution is 0.477. The van der Waals surface area contributed by atoms with E-state index in [0.29, 0.717) is 17.7 Å². The Morgan fingerprint density at radius 1 is 1.13 bits per heavy atom. The summed E-state index contributed by atoms with van der Waals surface area (Å²) >= 11 is 0. The Kier molecular flexibility index (Phi) is 3.63. The first-order valence-electron chi connectivity index (χ1n) is 7.74. The van der Waals surface area contributed by atoms with E-state index in [4.69, 9.17) is 0 Å². The Balaban J connectivity index is 1.69. The zero-order valence-electron chi connectivity index (χ0n) is 12.5. The van der Waals surface area contributed by atoms with E-state index < -0.39 is 5.82 Å². The lowest BCUT2D eigenvalue weighted by Gasteiger charge is -2.23. The largest absolute Gasteiger partial charge is 0.351 e.